The molecule has 4 rings (SSSR count). The highest BCUT2D eigenvalue weighted by molar-refractivity contribution is 6.35. The number of benzene rings is 3. The largest absolute Gasteiger partial charge is 0.595 e. The molecule has 0 spiro atoms. The Hall–Kier alpha value is -4.38. The Morgan fingerprint density at radius 1 is 0.941 bits per heavy atom. The molecule has 1 atom stereocenters. The Morgan fingerprint density at radius 2 is 1.50 bits per heavy atom. The van der Waals surface area contributed by atoms with Crippen molar-refractivity contribution in [1.29, 1.82) is 0 Å². The summed E-state index contributed by atoms with van der Waals surface area (Å²) < 4.78 is 20.8. The zero-order valence-corrected chi connectivity index (χ0v) is 18.2. The number of rotatable bonds is 6. The monoisotopic (exact) mass is 464 g/mol. The Bertz CT molecular complexity index is 1250. The Kier molecular flexibility index (Phi) is 6.46. The topological polar surface area (TPSA) is 131 Å². The summed E-state index contributed by atoms with van der Waals surface area (Å²) in [5.74, 6) is 1.13. The molecular weight excluding hydrogens is 444 g/mol. The lowest BCUT2D eigenvalue weighted by molar-refractivity contribution is -0.991. The summed E-state index contributed by atoms with van der Waals surface area (Å²) in [4.78, 5) is 24.5. The first-order valence-electron chi connectivity index (χ1n) is 10.0. The van der Waals surface area contributed by atoms with Gasteiger partial charge in [0, 0.05) is 29.3 Å². The van der Waals surface area contributed by atoms with Gasteiger partial charge in [-0.3, -0.25) is 4.79 Å². The molecule has 0 saturated heterocycles. The van der Waals surface area contributed by atoms with E-state index in [2.05, 4.69) is 5.32 Å². The molecule has 174 valence electrons. The number of hydrogen-bond donors (Lipinski definition) is 3. The van der Waals surface area contributed by atoms with Gasteiger partial charge in [0.1, 0.15) is 11.5 Å². The molecule has 0 fully saturated rings. The second-order valence-electron chi connectivity index (χ2n) is 7.12. The maximum atomic E-state index is 12.5. The van der Waals surface area contributed by atoms with Crippen LogP contribution in [0.1, 0.15) is 11.1 Å². The second kappa shape index (κ2) is 9.63. The molecule has 3 aromatic carbocycles. The van der Waals surface area contributed by atoms with Crippen LogP contribution in [0.15, 0.2) is 60.7 Å². The van der Waals surface area contributed by atoms with E-state index in [0.717, 1.165) is 0 Å². The van der Waals surface area contributed by atoms with Gasteiger partial charge in [-0.15, -0.1) is 0 Å². The Balaban J connectivity index is 1.46. The molecule has 1 heterocycles. The number of ether oxygens (including phenoxy) is 4. The van der Waals surface area contributed by atoms with Crippen molar-refractivity contribution < 1.29 is 39.0 Å². The van der Waals surface area contributed by atoms with E-state index in [1.54, 1.807) is 42.5 Å². The first-order valence-corrected chi connectivity index (χ1v) is 10.0. The van der Waals surface area contributed by atoms with Crippen LogP contribution < -0.4 is 29.5 Å². The van der Waals surface area contributed by atoms with Crippen LogP contribution >= 0.6 is 0 Å². The number of nitrogens with one attached hydrogen (secondary N) is 2. The minimum Gasteiger partial charge on any atom is -0.595 e. The minimum absolute atomic E-state index is 0.0709. The normalized spacial score (nSPS) is 14.2. The maximum Gasteiger partial charge on any atom is 0.519 e. The number of anilines is 1. The molecule has 1 aliphatic heterocycles. The molecule has 0 radical (unpaired) electrons. The summed E-state index contributed by atoms with van der Waals surface area (Å²) in [6.45, 7) is 0. The van der Waals surface area contributed by atoms with E-state index < -0.39 is 11.4 Å². The van der Waals surface area contributed by atoms with Crippen molar-refractivity contribution in [2.24, 2.45) is 0 Å². The molecule has 0 aromatic heterocycles. The van der Waals surface area contributed by atoms with Crippen LogP contribution in [0.25, 0.3) is 11.6 Å². The number of methoxy groups -OCH3 is 2. The van der Waals surface area contributed by atoms with E-state index >= 15 is 0 Å². The molecule has 34 heavy (non-hydrogen) atoms. The van der Waals surface area contributed by atoms with Gasteiger partial charge >= 0.3 is 6.16 Å². The van der Waals surface area contributed by atoms with Gasteiger partial charge in [0.2, 0.25) is 0 Å². The molecule has 10 heteroatoms. The van der Waals surface area contributed by atoms with Gasteiger partial charge < -0.3 is 29.5 Å². The molecule has 0 bridgehead atoms. The number of hydrogen-bond acceptors (Lipinski definition) is 8. The predicted octanol–water partition coefficient (Wildman–Crippen LogP) is 3.18. The fraction of sp³-hybridized carbons (Fsp3) is 0.0833. The van der Waals surface area contributed by atoms with E-state index in [1.165, 1.54) is 38.5 Å². The second-order valence-corrected chi connectivity index (χ2v) is 7.12. The van der Waals surface area contributed by atoms with Crippen molar-refractivity contribution in [2.75, 3.05) is 19.5 Å². The van der Waals surface area contributed by atoms with Crippen LogP contribution in [0, 0.1) is 5.21 Å². The number of carbonyl (C=O) groups excluding carboxylic acids is 2. The molecule has 3 aromatic rings. The van der Waals surface area contributed by atoms with Gasteiger partial charge in [-0.2, -0.15) is 5.23 Å². The first kappa shape index (κ1) is 22.8. The molecular formula is C24H20N2O8. The van der Waals surface area contributed by atoms with Crippen molar-refractivity contribution in [1.82, 2.24) is 0 Å². The van der Waals surface area contributed by atoms with Crippen molar-refractivity contribution in [3.63, 3.8) is 0 Å². The van der Waals surface area contributed by atoms with Gasteiger partial charge in [-0.05, 0) is 42.0 Å². The molecule has 1 unspecified atom stereocenters. The third-order valence-corrected chi connectivity index (χ3v) is 5.00. The molecule has 3 N–H and O–H groups in total. The van der Waals surface area contributed by atoms with E-state index in [-0.39, 0.29) is 23.1 Å². The van der Waals surface area contributed by atoms with Crippen molar-refractivity contribution in [3.8, 4) is 23.0 Å². The van der Waals surface area contributed by atoms with Crippen LogP contribution in [-0.2, 0) is 4.79 Å². The summed E-state index contributed by atoms with van der Waals surface area (Å²) in [7, 11) is 3.04. The number of carbonyl (C=O) groups is 2. The van der Waals surface area contributed by atoms with Gasteiger partial charge in [-0.25, -0.2) is 10.0 Å². The Labute approximate surface area is 194 Å². The average molecular weight is 464 g/mol. The van der Waals surface area contributed by atoms with Crippen LogP contribution in [-0.4, -0.2) is 31.5 Å². The zero-order chi connectivity index (χ0) is 24.2. The van der Waals surface area contributed by atoms with E-state index in [9.17, 15) is 14.8 Å². The number of fused-ring (bicyclic) bond motifs is 1. The van der Waals surface area contributed by atoms with Gasteiger partial charge in [0.05, 0.1) is 19.9 Å². The molecule has 1 aliphatic rings. The third-order valence-electron chi connectivity index (χ3n) is 5.00. The summed E-state index contributed by atoms with van der Waals surface area (Å²) in [5, 5.41) is 21.5. The fourth-order valence-corrected chi connectivity index (χ4v) is 3.34. The fourth-order valence-electron chi connectivity index (χ4n) is 3.34. The molecule has 0 saturated carbocycles. The average Bonchev–Trinajstić information content (AvgIpc) is 3.13. The van der Waals surface area contributed by atoms with Crippen molar-refractivity contribution >= 4 is 35.1 Å². The van der Waals surface area contributed by atoms with E-state index in [0.29, 0.717) is 33.9 Å². The lowest BCUT2D eigenvalue weighted by atomic mass is 10.0. The van der Waals surface area contributed by atoms with Crippen LogP contribution in [0.3, 0.4) is 0 Å². The van der Waals surface area contributed by atoms with Gasteiger partial charge in [0.15, 0.2) is 17.2 Å². The lowest BCUT2D eigenvalue weighted by Gasteiger charge is -2.11. The zero-order valence-electron chi connectivity index (χ0n) is 18.2. The predicted molar refractivity (Wildman–Crippen MR) is 121 cm³/mol. The van der Waals surface area contributed by atoms with E-state index in [4.69, 9.17) is 24.2 Å². The summed E-state index contributed by atoms with van der Waals surface area (Å²) >= 11 is 0. The molecule has 10 nitrogen and oxygen atoms in total. The Morgan fingerprint density at radius 3 is 2.06 bits per heavy atom. The standard InChI is InChI=1S/C24H20N2O8/c1-31-21-12-18-19(23(27)25-20(18)13-22(21)32-2)11-14-3-7-16(8-4-14)33-24(28)34-17-9-5-15(6-10-17)26(29)30/h3-13,26,29H,1-2H3,(H,25,27)/b19-11+. The first-order chi connectivity index (χ1) is 16.4. The highest BCUT2D eigenvalue weighted by Gasteiger charge is 2.26. The van der Waals surface area contributed by atoms with Crippen molar-refractivity contribution in [3.05, 3.63) is 77.0 Å². The van der Waals surface area contributed by atoms with Crippen LogP contribution in [0.4, 0.5) is 16.2 Å². The van der Waals surface area contributed by atoms with Gasteiger partial charge in [-0.1, -0.05) is 12.1 Å². The number of quaternary nitrogens is 1. The summed E-state index contributed by atoms with van der Waals surface area (Å²) in [5.41, 5.74) is 2.53. The minimum atomic E-state index is -1.08. The third kappa shape index (κ3) is 4.84. The highest BCUT2D eigenvalue weighted by Crippen LogP contribution is 2.41. The number of amides is 1. The molecule has 1 amide bonds. The lowest BCUT2D eigenvalue weighted by Crippen LogP contribution is -2.99. The SMILES string of the molecule is COc1cc2c(cc1OC)/C(=C\c1ccc(OC(=O)Oc3ccc([NH+]([O-])O)cc3)cc1)C(=O)N2. The van der Waals surface area contributed by atoms with Crippen molar-refractivity contribution in [2.45, 2.75) is 0 Å². The highest BCUT2D eigenvalue weighted by atomic mass is 16.8. The van der Waals surface area contributed by atoms with Crippen LogP contribution in [0.5, 0.6) is 23.0 Å². The summed E-state index contributed by atoms with van der Waals surface area (Å²) in [6.07, 6.45) is 0.735. The summed E-state index contributed by atoms with van der Waals surface area (Å²) in [6, 6.07) is 15.3. The van der Waals surface area contributed by atoms with Crippen LogP contribution in [0.2, 0.25) is 0 Å². The quantitative estimate of drug-likeness (QED) is 0.219. The maximum absolute atomic E-state index is 12.5. The smallest absolute Gasteiger partial charge is 0.519 e. The van der Waals surface area contributed by atoms with E-state index in [1.807, 2.05) is 0 Å². The van der Waals surface area contributed by atoms with Gasteiger partial charge in [0.25, 0.3) is 5.91 Å². The molecule has 0 aliphatic carbocycles.